The van der Waals surface area contributed by atoms with Crippen LogP contribution in [-0.2, 0) is 21.4 Å². The van der Waals surface area contributed by atoms with Gasteiger partial charge in [0.15, 0.2) is 5.82 Å². The summed E-state index contributed by atoms with van der Waals surface area (Å²) in [5.74, 6) is -2.07. The van der Waals surface area contributed by atoms with Crippen molar-refractivity contribution in [2.75, 3.05) is 7.05 Å². The molecular formula is C16H12BrF2N3O4S2. The predicted octanol–water partition coefficient (Wildman–Crippen LogP) is 3.75. The largest absolute Gasteiger partial charge is 0.445 e. The van der Waals surface area contributed by atoms with Crippen LogP contribution >= 0.6 is 27.3 Å². The van der Waals surface area contributed by atoms with Gasteiger partial charge < -0.3 is 10.1 Å². The zero-order valence-corrected chi connectivity index (χ0v) is 17.4. The lowest BCUT2D eigenvalue weighted by Crippen LogP contribution is -2.19. The van der Waals surface area contributed by atoms with Gasteiger partial charge in [-0.25, -0.2) is 18.1 Å². The van der Waals surface area contributed by atoms with E-state index in [4.69, 9.17) is 4.74 Å². The molecule has 3 heterocycles. The third kappa shape index (κ3) is 3.80. The third-order valence-electron chi connectivity index (χ3n) is 3.62. The van der Waals surface area contributed by atoms with E-state index in [-0.39, 0.29) is 15.3 Å². The van der Waals surface area contributed by atoms with Crippen LogP contribution in [0.15, 0.2) is 44.7 Å². The minimum absolute atomic E-state index is 0.0845. The van der Waals surface area contributed by atoms with Crippen LogP contribution in [0.3, 0.4) is 0 Å². The fourth-order valence-corrected chi connectivity index (χ4v) is 5.84. The van der Waals surface area contributed by atoms with Crippen molar-refractivity contribution in [3.05, 3.63) is 57.8 Å². The number of halogens is 3. The highest BCUT2D eigenvalue weighted by molar-refractivity contribution is 9.11. The lowest BCUT2D eigenvalue weighted by Gasteiger charge is -2.09. The Morgan fingerprint density at radius 3 is 2.71 bits per heavy atom. The number of pyridine rings is 1. The van der Waals surface area contributed by atoms with Gasteiger partial charge in [-0.1, -0.05) is 0 Å². The number of alkyl carbamates (subject to hydrolysis) is 1. The van der Waals surface area contributed by atoms with Crippen molar-refractivity contribution < 1.29 is 26.7 Å². The van der Waals surface area contributed by atoms with Crippen LogP contribution in [0.2, 0.25) is 0 Å². The number of hydrogen-bond acceptors (Lipinski definition) is 6. The van der Waals surface area contributed by atoms with Crippen LogP contribution in [-0.4, -0.2) is 30.5 Å². The van der Waals surface area contributed by atoms with Gasteiger partial charge in [-0.3, -0.25) is 0 Å². The molecule has 3 aromatic heterocycles. The summed E-state index contributed by atoms with van der Waals surface area (Å²) in [5.41, 5.74) is -1.11. The Morgan fingerprint density at radius 2 is 2.11 bits per heavy atom. The molecule has 0 aliphatic rings. The number of thiophene rings is 1. The van der Waals surface area contributed by atoms with E-state index in [2.05, 4.69) is 26.2 Å². The first kappa shape index (κ1) is 20.4. The standard InChI is InChI=1S/C16H12BrF2N3O4S2/c1-20-16(23)26-8-9-7-22(28(24,25)12-5-4-11(17)27-12)14(13(9)18)10-3-2-6-21-15(10)19/h2-7H,8H2,1H3,(H,20,23). The minimum atomic E-state index is -4.24. The number of ether oxygens (including phenoxy) is 1. The molecule has 7 nitrogen and oxygen atoms in total. The van der Waals surface area contributed by atoms with Crippen molar-refractivity contribution in [2.24, 2.45) is 0 Å². The Kier molecular flexibility index (Phi) is 5.82. The van der Waals surface area contributed by atoms with Gasteiger partial charge in [0.1, 0.15) is 16.5 Å². The molecule has 0 aliphatic carbocycles. The highest BCUT2D eigenvalue weighted by atomic mass is 79.9. The summed E-state index contributed by atoms with van der Waals surface area (Å²) in [5, 5.41) is 2.19. The molecule has 0 saturated carbocycles. The molecule has 1 amide bonds. The van der Waals surface area contributed by atoms with E-state index in [0.29, 0.717) is 7.76 Å². The van der Waals surface area contributed by atoms with Gasteiger partial charge in [-0.15, -0.1) is 11.3 Å². The zero-order valence-electron chi connectivity index (χ0n) is 14.1. The quantitative estimate of drug-likeness (QED) is 0.549. The smallest absolute Gasteiger partial charge is 0.407 e. The van der Waals surface area contributed by atoms with E-state index in [9.17, 15) is 17.6 Å². The van der Waals surface area contributed by atoms with Crippen LogP contribution in [0.25, 0.3) is 11.3 Å². The van der Waals surface area contributed by atoms with Crippen molar-refractivity contribution in [1.29, 1.82) is 0 Å². The number of amides is 1. The molecule has 148 valence electrons. The first-order chi connectivity index (χ1) is 13.3. The van der Waals surface area contributed by atoms with E-state index in [0.717, 1.165) is 23.7 Å². The van der Waals surface area contributed by atoms with E-state index in [1.165, 1.54) is 31.3 Å². The predicted molar refractivity (Wildman–Crippen MR) is 101 cm³/mol. The lowest BCUT2D eigenvalue weighted by molar-refractivity contribution is 0.141. The highest BCUT2D eigenvalue weighted by Gasteiger charge is 2.29. The molecule has 12 heteroatoms. The maximum absolute atomic E-state index is 15.1. The number of nitrogens with one attached hydrogen (secondary N) is 1. The summed E-state index contributed by atoms with van der Waals surface area (Å²) in [6, 6.07) is 5.42. The Balaban J connectivity index is 2.20. The fraction of sp³-hybridized carbons (Fsp3) is 0.125. The lowest BCUT2D eigenvalue weighted by atomic mass is 10.2. The Morgan fingerprint density at radius 1 is 1.36 bits per heavy atom. The summed E-state index contributed by atoms with van der Waals surface area (Å²) in [7, 11) is -2.93. The monoisotopic (exact) mass is 491 g/mol. The van der Waals surface area contributed by atoms with E-state index in [1.807, 2.05) is 0 Å². The molecule has 28 heavy (non-hydrogen) atoms. The summed E-state index contributed by atoms with van der Waals surface area (Å²) in [6.07, 6.45) is 1.29. The molecule has 1 N–H and O–H groups in total. The number of nitrogens with zero attached hydrogens (tertiary/aromatic N) is 2. The second kappa shape index (κ2) is 7.97. The van der Waals surface area contributed by atoms with E-state index < -0.39 is 40.2 Å². The van der Waals surface area contributed by atoms with Crippen molar-refractivity contribution >= 4 is 43.4 Å². The van der Waals surface area contributed by atoms with E-state index in [1.54, 1.807) is 0 Å². The maximum atomic E-state index is 15.1. The average Bonchev–Trinajstić information content (AvgIpc) is 3.25. The summed E-state index contributed by atoms with van der Waals surface area (Å²) in [6.45, 7) is -0.545. The number of hydrogen-bond donors (Lipinski definition) is 1. The molecule has 0 bridgehead atoms. The summed E-state index contributed by atoms with van der Waals surface area (Å²) < 4.78 is 61.3. The van der Waals surface area contributed by atoms with Crippen LogP contribution in [0.4, 0.5) is 13.6 Å². The molecule has 0 saturated heterocycles. The second-order valence-electron chi connectivity index (χ2n) is 5.34. The SMILES string of the molecule is CNC(=O)OCc1cn(S(=O)(=O)c2ccc(Br)s2)c(-c2cccnc2F)c1F. The van der Waals surface area contributed by atoms with E-state index >= 15 is 4.39 Å². The Hall–Kier alpha value is -2.31. The molecule has 0 aliphatic heterocycles. The number of rotatable bonds is 5. The van der Waals surface area contributed by atoms with Crippen molar-refractivity contribution in [3.63, 3.8) is 0 Å². The van der Waals surface area contributed by atoms with Crippen LogP contribution in [0.1, 0.15) is 5.56 Å². The van der Waals surface area contributed by atoms with Crippen molar-refractivity contribution in [2.45, 2.75) is 10.8 Å². The molecule has 0 radical (unpaired) electrons. The topological polar surface area (TPSA) is 90.3 Å². The molecule has 3 aromatic rings. The van der Waals surface area contributed by atoms with Gasteiger partial charge in [0, 0.05) is 25.0 Å². The molecule has 0 unspecified atom stereocenters. The second-order valence-corrected chi connectivity index (χ2v) is 9.85. The molecule has 0 fully saturated rings. The van der Waals surface area contributed by atoms with Crippen molar-refractivity contribution in [1.82, 2.24) is 14.3 Å². The normalized spacial score (nSPS) is 11.4. The molecule has 0 aromatic carbocycles. The van der Waals surface area contributed by atoms with Gasteiger partial charge in [0.25, 0.3) is 10.0 Å². The van der Waals surface area contributed by atoms with Gasteiger partial charge in [-0.05, 0) is 40.2 Å². The third-order valence-corrected chi connectivity index (χ3v) is 7.37. The first-order valence-electron chi connectivity index (χ1n) is 7.61. The zero-order chi connectivity index (χ0) is 20.5. The number of carbonyl (C=O) groups is 1. The van der Waals surface area contributed by atoms with Gasteiger partial charge >= 0.3 is 6.09 Å². The molecule has 0 spiro atoms. The minimum Gasteiger partial charge on any atom is -0.445 e. The van der Waals surface area contributed by atoms with Gasteiger partial charge in [-0.2, -0.15) is 12.8 Å². The molecule has 0 atom stereocenters. The fourth-order valence-electron chi connectivity index (χ4n) is 2.35. The number of aromatic nitrogens is 2. The maximum Gasteiger partial charge on any atom is 0.407 e. The first-order valence-corrected chi connectivity index (χ1v) is 10.7. The summed E-state index contributed by atoms with van der Waals surface area (Å²) >= 11 is 4.09. The Bertz CT molecular complexity index is 1140. The highest BCUT2D eigenvalue weighted by Crippen LogP contribution is 2.34. The molecular weight excluding hydrogens is 480 g/mol. The summed E-state index contributed by atoms with van der Waals surface area (Å²) in [4.78, 5) is 14.7. The van der Waals surface area contributed by atoms with Crippen LogP contribution in [0.5, 0.6) is 0 Å². The molecule has 3 rings (SSSR count). The van der Waals surface area contributed by atoms with Crippen LogP contribution < -0.4 is 5.32 Å². The van der Waals surface area contributed by atoms with Crippen molar-refractivity contribution in [3.8, 4) is 11.3 Å². The van der Waals surface area contributed by atoms with Crippen LogP contribution in [0, 0.1) is 11.8 Å². The Labute approximate surface area is 171 Å². The average molecular weight is 492 g/mol. The van der Waals surface area contributed by atoms with Gasteiger partial charge in [0.05, 0.1) is 9.35 Å². The number of carbonyl (C=O) groups excluding carboxylic acids is 1. The van der Waals surface area contributed by atoms with Gasteiger partial charge in [0.2, 0.25) is 5.95 Å².